The minimum absolute atomic E-state index is 0.0369. The van der Waals surface area contributed by atoms with E-state index in [9.17, 15) is 4.79 Å². The van der Waals surface area contributed by atoms with Crippen molar-refractivity contribution in [2.24, 2.45) is 5.73 Å². The van der Waals surface area contributed by atoms with Crippen LogP contribution in [0.3, 0.4) is 0 Å². The van der Waals surface area contributed by atoms with E-state index in [1.165, 1.54) is 0 Å². The molecule has 1 saturated heterocycles. The predicted octanol–water partition coefficient (Wildman–Crippen LogP) is 1.57. The molecule has 1 heterocycles. The van der Waals surface area contributed by atoms with Gasteiger partial charge in [0.05, 0.1) is 12.1 Å². The van der Waals surface area contributed by atoms with Crippen LogP contribution in [0.15, 0.2) is 30.3 Å². The summed E-state index contributed by atoms with van der Waals surface area (Å²) in [7, 11) is 0. The first-order valence-electron chi connectivity index (χ1n) is 5.50. The minimum atomic E-state index is -0.510. The molecule has 1 fully saturated rings. The zero-order valence-corrected chi connectivity index (χ0v) is 9.06. The van der Waals surface area contributed by atoms with Crippen LogP contribution in [0.2, 0.25) is 0 Å². The monoisotopic (exact) mass is 220 g/mol. The number of rotatable bonds is 3. The maximum Gasteiger partial charge on any atom is 0.312 e. The van der Waals surface area contributed by atoms with Crippen LogP contribution in [-0.4, -0.2) is 18.7 Å². The van der Waals surface area contributed by atoms with Crippen molar-refractivity contribution in [2.45, 2.75) is 25.0 Å². The standard InChI is InChI=1S/C12H16N2O2/c13-12(15)14-11(10-7-4-8-16-10)9-5-2-1-3-6-9/h1-3,5-6,10-11H,4,7-8H2,(H3,13,14,15). The van der Waals surface area contributed by atoms with Crippen LogP contribution >= 0.6 is 0 Å². The van der Waals surface area contributed by atoms with Gasteiger partial charge in [0.1, 0.15) is 0 Å². The van der Waals surface area contributed by atoms with E-state index >= 15 is 0 Å². The van der Waals surface area contributed by atoms with Crippen molar-refractivity contribution in [1.29, 1.82) is 0 Å². The van der Waals surface area contributed by atoms with Gasteiger partial charge in [0, 0.05) is 6.61 Å². The second kappa shape index (κ2) is 4.99. The smallest absolute Gasteiger partial charge is 0.312 e. The van der Waals surface area contributed by atoms with Gasteiger partial charge < -0.3 is 15.8 Å². The Bertz CT molecular complexity index is 347. The van der Waals surface area contributed by atoms with Gasteiger partial charge in [-0.25, -0.2) is 4.79 Å². The Balaban J connectivity index is 2.16. The molecule has 1 aromatic carbocycles. The van der Waals surface area contributed by atoms with E-state index in [0.29, 0.717) is 0 Å². The molecule has 0 aliphatic carbocycles. The first-order valence-corrected chi connectivity index (χ1v) is 5.50. The van der Waals surface area contributed by atoms with Crippen molar-refractivity contribution < 1.29 is 9.53 Å². The van der Waals surface area contributed by atoms with Gasteiger partial charge in [0.2, 0.25) is 0 Å². The minimum Gasteiger partial charge on any atom is -0.376 e. The third-order valence-corrected chi connectivity index (χ3v) is 2.79. The molecule has 4 heteroatoms. The Kier molecular flexibility index (Phi) is 3.41. The highest BCUT2D eigenvalue weighted by atomic mass is 16.5. The van der Waals surface area contributed by atoms with Gasteiger partial charge in [0.25, 0.3) is 0 Å². The maximum absolute atomic E-state index is 11.0. The lowest BCUT2D eigenvalue weighted by atomic mass is 9.99. The molecule has 4 nitrogen and oxygen atoms in total. The van der Waals surface area contributed by atoms with Crippen LogP contribution in [-0.2, 0) is 4.74 Å². The van der Waals surface area contributed by atoms with Gasteiger partial charge in [-0.3, -0.25) is 0 Å². The van der Waals surface area contributed by atoms with Crippen LogP contribution in [0.4, 0.5) is 4.79 Å². The van der Waals surface area contributed by atoms with E-state index < -0.39 is 6.03 Å². The van der Waals surface area contributed by atoms with E-state index in [4.69, 9.17) is 10.5 Å². The summed E-state index contributed by atoms with van der Waals surface area (Å²) in [6.45, 7) is 0.758. The number of urea groups is 1. The zero-order valence-electron chi connectivity index (χ0n) is 9.06. The number of amides is 2. The number of ether oxygens (including phenoxy) is 1. The molecule has 1 aromatic rings. The molecule has 0 aromatic heterocycles. The molecule has 2 atom stereocenters. The van der Waals surface area contributed by atoms with Gasteiger partial charge in [-0.1, -0.05) is 30.3 Å². The van der Waals surface area contributed by atoms with Gasteiger partial charge >= 0.3 is 6.03 Å². The normalized spacial score (nSPS) is 21.6. The first kappa shape index (κ1) is 11.0. The third-order valence-electron chi connectivity index (χ3n) is 2.79. The van der Waals surface area contributed by atoms with E-state index in [-0.39, 0.29) is 12.1 Å². The lowest BCUT2D eigenvalue weighted by Gasteiger charge is -2.23. The number of hydrogen-bond donors (Lipinski definition) is 2. The zero-order chi connectivity index (χ0) is 11.4. The van der Waals surface area contributed by atoms with E-state index in [1.54, 1.807) is 0 Å². The summed E-state index contributed by atoms with van der Waals surface area (Å²) >= 11 is 0. The summed E-state index contributed by atoms with van der Waals surface area (Å²) in [6.07, 6.45) is 2.03. The highest BCUT2D eigenvalue weighted by Gasteiger charge is 2.27. The lowest BCUT2D eigenvalue weighted by Crippen LogP contribution is -2.39. The summed E-state index contributed by atoms with van der Waals surface area (Å²) < 4.78 is 5.60. The van der Waals surface area contributed by atoms with Gasteiger partial charge in [-0.2, -0.15) is 0 Å². The highest BCUT2D eigenvalue weighted by molar-refractivity contribution is 5.72. The van der Waals surface area contributed by atoms with Gasteiger partial charge in [-0.15, -0.1) is 0 Å². The number of hydrogen-bond acceptors (Lipinski definition) is 2. The number of nitrogens with two attached hydrogens (primary N) is 1. The molecule has 86 valence electrons. The van der Waals surface area contributed by atoms with Crippen LogP contribution < -0.4 is 11.1 Å². The Morgan fingerprint density at radius 2 is 2.19 bits per heavy atom. The van der Waals surface area contributed by atoms with Crippen LogP contribution in [0, 0.1) is 0 Å². The fraction of sp³-hybridized carbons (Fsp3) is 0.417. The molecule has 1 aliphatic rings. The summed E-state index contributed by atoms with van der Waals surface area (Å²) in [6, 6.07) is 9.13. The van der Waals surface area contributed by atoms with Gasteiger partial charge in [-0.05, 0) is 18.4 Å². The van der Waals surface area contributed by atoms with E-state index in [0.717, 1.165) is 25.0 Å². The molecule has 2 rings (SSSR count). The molecule has 2 unspecified atom stereocenters. The van der Waals surface area contributed by atoms with E-state index in [1.807, 2.05) is 30.3 Å². The maximum atomic E-state index is 11.0. The molecule has 0 spiro atoms. The fourth-order valence-corrected chi connectivity index (χ4v) is 2.07. The summed E-state index contributed by atoms with van der Waals surface area (Å²) in [5.41, 5.74) is 6.23. The molecule has 3 N–H and O–H groups in total. The van der Waals surface area contributed by atoms with Crippen LogP contribution in [0.1, 0.15) is 24.4 Å². The predicted molar refractivity (Wildman–Crippen MR) is 60.9 cm³/mol. The number of carbonyl (C=O) groups excluding carboxylic acids is 1. The van der Waals surface area contributed by atoms with Crippen molar-refractivity contribution >= 4 is 6.03 Å². The number of primary amides is 1. The van der Waals surface area contributed by atoms with Gasteiger partial charge in [0.15, 0.2) is 0 Å². The van der Waals surface area contributed by atoms with E-state index in [2.05, 4.69) is 5.32 Å². The van der Waals surface area contributed by atoms with Crippen LogP contribution in [0.25, 0.3) is 0 Å². The SMILES string of the molecule is NC(=O)NC(c1ccccc1)C1CCCO1. The molecular weight excluding hydrogens is 204 g/mol. The summed E-state index contributed by atoms with van der Waals surface area (Å²) in [5, 5.41) is 2.75. The van der Waals surface area contributed by atoms with Crippen molar-refractivity contribution in [1.82, 2.24) is 5.32 Å². The topological polar surface area (TPSA) is 64.4 Å². The highest BCUT2D eigenvalue weighted by Crippen LogP contribution is 2.26. The van der Waals surface area contributed by atoms with Crippen molar-refractivity contribution in [2.75, 3.05) is 6.61 Å². The number of nitrogens with one attached hydrogen (secondary N) is 1. The van der Waals surface area contributed by atoms with Crippen molar-refractivity contribution in [3.63, 3.8) is 0 Å². The first-order chi connectivity index (χ1) is 7.77. The van der Waals surface area contributed by atoms with Crippen molar-refractivity contribution in [3.05, 3.63) is 35.9 Å². The Hall–Kier alpha value is -1.55. The molecule has 0 saturated carbocycles. The second-order valence-electron chi connectivity index (χ2n) is 3.95. The molecule has 0 bridgehead atoms. The fourth-order valence-electron chi connectivity index (χ4n) is 2.07. The Morgan fingerprint density at radius 1 is 1.44 bits per heavy atom. The average molecular weight is 220 g/mol. The number of carbonyl (C=O) groups is 1. The average Bonchev–Trinajstić information content (AvgIpc) is 2.80. The molecule has 0 radical (unpaired) electrons. The Morgan fingerprint density at radius 3 is 2.75 bits per heavy atom. The number of benzene rings is 1. The van der Waals surface area contributed by atoms with Crippen molar-refractivity contribution in [3.8, 4) is 0 Å². The Labute approximate surface area is 94.8 Å². The molecule has 1 aliphatic heterocycles. The molecule has 16 heavy (non-hydrogen) atoms. The van der Waals surface area contributed by atoms with Crippen LogP contribution in [0.5, 0.6) is 0 Å². The summed E-state index contributed by atoms with van der Waals surface area (Å²) in [4.78, 5) is 11.0. The molecule has 2 amide bonds. The largest absolute Gasteiger partial charge is 0.376 e. The second-order valence-corrected chi connectivity index (χ2v) is 3.95. The lowest BCUT2D eigenvalue weighted by molar-refractivity contribution is 0.0813. The quantitative estimate of drug-likeness (QED) is 0.812. The summed E-state index contributed by atoms with van der Waals surface area (Å²) in [5.74, 6) is 0. The molecular formula is C12H16N2O2. The third kappa shape index (κ3) is 2.52.